The third kappa shape index (κ3) is 2.94. The number of carbonyl (C=O) groups is 1. The molecule has 1 spiro atoms. The molecule has 2 aliphatic rings. The summed E-state index contributed by atoms with van der Waals surface area (Å²) in [4.78, 5) is 17.4. The molecule has 2 heterocycles. The van der Waals surface area contributed by atoms with Gasteiger partial charge in [0.25, 0.3) is 5.91 Å². The van der Waals surface area contributed by atoms with Gasteiger partial charge in [-0.2, -0.15) is 0 Å². The number of fused-ring (bicyclic) bond motifs is 1. The summed E-state index contributed by atoms with van der Waals surface area (Å²) in [6.07, 6.45) is 7.24. The Hall–Kier alpha value is -1.99. The number of anilines is 1. The molecule has 23 heavy (non-hydrogen) atoms. The summed E-state index contributed by atoms with van der Waals surface area (Å²) < 4.78 is 0. The Kier molecular flexibility index (Phi) is 4.32. The minimum absolute atomic E-state index is 0.151. The largest absolute Gasteiger partial charge is 0.362 e. The van der Waals surface area contributed by atoms with E-state index in [0.29, 0.717) is 12.5 Å². The number of nitrogens with zero attached hydrogens (tertiary/aromatic N) is 2. The van der Waals surface area contributed by atoms with Gasteiger partial charge in [-0.25, -0.2) is 0 Å². The Morgan fingerprint density at radius 1 is 1.30 bits per heavy atom. The zero-order valence-corrected chi connectivity index (χ0v) is 14.0. The van der Waals surface area contributed by atoms with E-state index in [1.807, 2.05) is 24.3 Å². The van der Waals surface area contributed by atoms with Gasteiger partial charge in [-0.3, -0.25) is 9.69 Å². The molecule has 4 heteroatoms. The number of nitrogens with one attached hydrogen (secondary N) is 1. The predicted octanol–water partition coefficient (Wildman–Crippen LogP) is 2.64. The number of rotatable bonds is 3. The first kappa shape index (κ1) is 15.9. The highest BCUT2D eigenvalue weighted by Gasteiger charge is 2.46. The molecule has 1 aromatic carbocycles. The van der Waals surface area contributed by atoms with Gasteiger partial charge in [0.2, 0.25) is 0 Å². The van der Waals surface area contributed by atoms with E-state index < -0.39 is 0 Å². The molecular formula is C19H25N3O. The molecule has 0 aliphatic carbocycles. The minimum Gasteiger partial charge on any atom is -0.362 e. The first-order valence-corrected chi connectivity index (χ1v) is 8.41. The number of piperidine rings is 1. The summed E-state index contributed by atoms with van der Waals surface area (Å²) in [6, 6.07) is 7.84. The van der Waals surface area contributed by atoms with E-state index in [1.54, 1.807) is 0 Å². The number of terminal acetylenes is 1. The number of likely N-dealkylation sites (tertiary alicyclic amines) is 1. The van der Waals surface area contributed by atoms with Gasteiger partial charge in [0.05, 0.1) is 12.1 Å². The van der Waals surface area contributed by atoms with Crippen LogP contribution in [-0.4, -0.2) is 47.5 Å². The Bertz CT molecular complexity index is 624. The highest BCUT2D eigenvalue weighted by atomic mass is 16.2. The molecule has 3 rings (SSSR count). The van der Waals surface area contributed by atoms with Crippen LogP contribution >= 0.6 is 0 Å². The molecule has 0 aromatic heterocycles. The fraction of sp³-hybridized carbons (Fsp3) is 0.526. The lowest BCUT2D eigenvalue weighted by atomic mass is 9.89. The molecule has 1 aromatic rings. The summed E-state index contributed by atoms with van der Waals surface area (Å²) in [5.41, 5.74) is 1.47. The summed E-state index contributed by atoms with van der Waals surface area (Å²) in [5.74, 6) is 3.31. The second-order valence-electron chi connectivity index (χ2n) is 6.99. The van der Waals surface area contributed by atoms with Gasteiger partial charge in [-0.1, -0.05) is 31.9 Å². The molecule has 122 valence electrons. The van der Waals surface area contributed by atoms with Crippen LogP contribution in [0.3, 0.4) is 0 Å². The van der Waals surface area contributed by atoms with Crippen LogP contribution in [-0.2, 0) is 0 Å². The standard InChI is InChI=1S/C19H25N3O/c1-4-11-21-12-9-19(10-13-21)20-17-8-6-5-7-16(17)18(23)22(19)14-15(2)3/h1,5-8,15,20H,9-14H2,2-3H3. The monoisotopic (exact) mass is 311 g/mol. The van der Waals surface area contributed by atoms with Crippen LogP contribution in [0.4, 0.5) is 5.69 Å². The summed E-state index contributed by atoms with van der Waals surface area (Å²) in [5, 5.41) is 3.69. The normalized spacial score (nSPS) is 20.3. The Balaban J connectivity index is 1.91. The van der Waals surface area contributed by atoms with Crippen LogP contribution in [0.5, 0.6) is 0 Å². The third-order valence-corrected chi connectivity index (χ3v) is 4.83. The van der Waals surface area contributed by atoms with Gasteiger partial charge in [0, 0.05) is 38.2 Å². The molecule has 1 amide bonds. The topological polar surface area (TPSA) is 35.6 Å². The number of carbonyl (C=O) groups excluding carboxylic acids is 1. The van der Waals surface area contributed by atoms with Crippen molar-refractivity contribution < 1.29 is 4.79 Å². The average Bonchev–Trinajstić information content (AvgIpc) is 2.54. The van der Waals surface area contributed by atoms with Gasteiger partial charge in [0.1, 0.15) is 5.66 Å². The maximum Gasteiger partial charge on any atom is 0.257 e. The highest BCUT2D eigenvalue weighted by Crippen LogP contribution is 2.38. The molecule has 0 saturated carbocycles. The molecule has 0 bridgehead atoms. The Morgan fingerprint density at radius 2 is 2.00 bits per heavy atom. The van der Waals surface area contributed by atoms with E-state index in [1.165, 1.54) is 0 Å². The summed E-state index contributed by atoms with van der Waals surface area (Å²) in [6.45, 7) is 7.62. The Labute approximate surface area is 138 Å². The van der Waals surface area contributed by atoms with Crippen molar-refractivity contribution in [2.24, 2.45) is 5.92 Å². The van der Waals surface area contributed by atoms with Crippen molar-refractivity contribution in [2.75, 3.05) is 31.5 Å². The van der Waals surface area contributed by atoms with E-state index in [9.17, 15) is 4.79 Å². The van der Waals surface area contributed by atoms with Crippen molar-refractivity contribution in [3.8, 4) is 12.3 Å². The molecule has 1 N–H and O–H groups in total. The fourth-order valence-electron chi connectivity index (χ4n) is 3.66. The van der Waals surface area contributed by atoms with Crippen LogP contribution in [0.1, 0.15) is 37.0 Å². The quantitative estimate of drug-likeness (QED) is 0.872. The lowest BCUT2D eigenvalue weighted by Gasteiger charge is -2.52. The molecule has 1 fully saturated rings. The fourth-order valence-corrected chi connectivity index (χ4v) is 3.66. The van der Waals surface area contributed by atoms with Crippen molar-refractivity contribution in [1.29, 1.82) is 0 Å². The van der Waals surface area contributed by atoms with Crippen molar-refractivity contribution in [3.05, 3.63) is 29.8 Å². The molecule has 0 atom stereocenters. The molecular weight excluding hydrogens is 286 g/mol. The lowest BCUT2D eigenvalue weighted by Crippen LogP contribution is -2.64. The van der Waals surface area contributed by atoms with Crippen molar-refractivity contribution in [3.63, 3.8) is 0 Å². The SMILES string of the molecule is C#CCN1CCC2(CC1)Nc1ccccc1C(=O)N2CC(C)C. The molecule has 0 unspecified atom stereocenters. The molecule has 0 radical (unpaired) electrons. The molecule has 4 nitrogen and oxygen atoms in total. The minimum atomic E-state index is -0.277. The Morgan fingerprint density at radius 3 is 2.65 bits per heavy atom. The smallest absolute Gasteiger partial charge is 0.257 e. The number of amides is 1. The maximum atomic E-state index is 13.1. The second-order valence-corrected chi connectivity index (χ2v) is 6.99. The maximum absolute atomic E-state index is 13.1. The van der Waals surface area contributed by atoms with Crippen LogP contribution in [0.2, 0.25) is 0 Å². The van der Waals surface area contributed by atoms with E-state index >= 15 is 0 Å². The van der Waals surface area contributed by atoms with Crippen molar-refractivity contribution in [2.45, 2.75) is 32.4 Å². The summed E-state index contributed by atoms with van der Waals surface area (Å²) in [7, 11) is 0. The highest BCUT2D eigenvalue weighted by molar-refractivity contribution is 6.02. The third-order valence-electron chi connectivity index (χ3n) is 4.83. The van der Waals surface area contributed by atoms with Gasteiger partial charge in [-0.15, -0.1) is 6.42 Å². The van der Waals surface area contributed by atoms with Crippen molar-refractivity contribution >= 4 is 11.6 Å². The molecule has 1 saturated heterocycles. The van der Waals surface area contributed by atoms with Gasteiger partial charge in [-0.05, 0) is 18.1 Å². The number of hydrogen-bond acceptors (Lipinski definition) is 3. The van der Waals surface area contributed by atoms with E-state index in [2.05, 4.69) is 34.9 Å². The average molecular weight is 311 g/mol. The second kappa shape index (κ2) is 6.25. The number of benzene rings is 1. The van der Waals surface area contributed by atoms with E-state index in [4.69, 9.17) is 6.42 Å². The zero-order valence-electron chi connectivity index (χ0n) is 14.0. The first-order chi connectivity index (χ1) is 11.1. The lowest BCUT2D eigenvalue weighted by molar-refractivity contribution is 0.0243. The van der Waals surface area contributed by atoms with Crippen LogP contribution in [0.15, 0.2) is 24.3 Å². The zero-order chi connectivity index (χ0) is 16.4. The van der Waals surface area contributed by atoms with E-state index in [0.717, 1.165) is 43.7 Å². The number of hydrogen-bond donors (Lipinski definition) is 1. The van der Waals surface area contributed by atoms with Crippen molar-refractivity contribution in [1.82, 2.24) is 9.80 Å². The first-order valence-electron chi connectivity index (χ1n) is 8.41. The van der Waals surface area contributed by atoms with Crippen LogP contribution in [0, 0.1) is 18.3 Å². The van der Waals surface area contributed by atoms with Gasteiger partial charge < -0.3 is 10.2 Å². The van der Waals surface area contributed by atoms with Crippen LogP contribution < -0.4 is 5.32 Å². The molecule has 2 aliphatic heterocycles. The number of para-hydroxylation sites is 1. The van der Waals surface area contributed by atoms with Gasteiger partial charge >= 0.3 is 0 Å². The van der Waals surface area contributed by atoms with E-state index in [-0.39, 0.29) is 11.6 Å². The predicted molar refractivity (Wildman–Crippen MR) is 93.2 cm³/mol. The van der Waals surface area contributed by atoms with Gasteiger partial charge in [0.15, 0.2) is 0 Å². The van der Waals surface area contributed by atoms with Crippen LogP contribution in [0.25, 0.3) is 0 Å². The summed E-state index contributed by atoms with van der Waals surface area (Å²) >= 11 is 0.